The van der Waals surface area contributed by atoms with Crippen LogP contribution < -0.4 is 11.3 Å². The van der Waals surface area contributed by atoms with E-state index in [4.69, 9.17) is 5.84 Å². The molecule has 20 heavy (non-hydrogen) atoms. The second-order valence-corrected chi connectivity index (χ2v) is 4.11. The average Bonchev–Trinajstić information content (AvgIpc) is 2.39. The lowest BCUT2D eigenvalue weighted by molar-refractivity contribution is -0.168. The summed E-state index contributed by atoms with van der Waals surface area (Å²) in [6.07, 6.45) is -3.18. The van der Waals surface area contributed by atoms with Crippen molar-refractivity contribution in [1.29, 1.82) is 0 Å². The summed E-state index contributed by atoms with van der Waals surface area (Å²) in [4.78, 5) is 8.06. The molecule has 0 fully saturated rings. The summed E-state index contributed by atoms with van der Waals surface area (Å²) in [6, 6.07) is 0. The van der Waals surface area contributed by atoms with Gasteiger partial charge in [-0.1, -0.05) is 6.92 Å². The highest BCUT2D eigenvalue weighted by atomic mass is 19.3. The smallest absolute Gasteiger partial charge is 0.330 e. The van der Waals surface area contributed by atoms with Crippen LogP contribution in [0.3, 0.4) is 0 Å². The zero-order valence-electron chi connectivity index (χ0n) is 11.1. The number of hydrazine groups is 1. The Hall–Kier alpha value is -1.48. The summed E-state index contributed by atoms with van der Waals surface area (Å²) in [6.45, 7) is 1.81. The van der Waals surface area contributed by atoms with E-state index in [1.807, 2.05) is 6.92 Å². The molecule has 0 saturated carbocycles. The summed E-state index contributed by atoms with van der Waals surface area (Å²) >= 11 is 0. The van der Waals surface area contributed by atoms with Crippen LogP contribution in [0.1, 0.15) is 24.0 Å². The molecule has 9 heteroatoms. The number of anilines is 1. The zero-order chi connectivity index (χ0) is 15.3. The third-order valence-electron chi connectivity index (χ3n) is 2.61. The van der Waals surface area contributed by atoms with Crippen LogP contribution in [0.25, 0.3) is 0 Å². The van der Waals surface area contributed by atoms with Gasteiger partial charge in [0.2, 0.25) is 0 Å². The number of ether oxygens (including phenoxy) is 1. The molecule has 0 aliphatic heterocycles. The normalized spacial score (nSPS) is 12.0. The third-order valence-corrected chi connectivity index (χ3v) is 2.61. The van der Waals surface area contributed by atoms with Gasteiger partial charge < -0.3 is 10.2 Å². The van der Waals surface area contributed by atoms with Crippen LogP contribution in [0.15, 0.2) is 0 Å². The van der Waals surface area contributed by atoms with Crippen LogP contribution in [0.5, 0.6) is 0 Å². The van der Waals surface area contributed by atoms with Crippen LogP contribution in [0.2, 0.25) is 0 Å². The number of nitrogens with zero attached hydrogens (tertiary/aromatic N) is 2. The van der Waals surface area contributed by atoms with Gasteiger partial charge in [-0.3, -0.25) is 0 Å². The van der Waals surface area contributed by atoms with Crippen LogP contribution in [0.4, 0.5) is 23.4 Å². The van der Waals surface area contributed by atoms with Crippen molar-refractivity contribution in [3.8, 4) is 0 Å². The second kappa shape index (κ2) is 6.80. The van der Waals surface area contributed by atoms with E-state index in [-0.39, 0.29) is 5.82 Å². The fourth-order valence-corrected chi connectivity index (χ4v) is 1.50. The molecule has 1 heterocycles. The number of halogens is 4. The quantitative estimate of drug-likeness (QED) is 0.458. The minimum atomic E-state index is -4.19. The Kier molecular flexibility index (Phi) is 5.63. The predicted octanol–water partition coefficient (Wildman–Crippen LogP) is 2.05. The largest absolute Gasteiger partial charge is 0.367 e. The summed E-state index contributed by atoms with van der Waals surface area (Å²) < 4.78 is 53.8. The van der Waals surface area contributed by atoms with Gasteiger partial charge in [0.05, 0.1) is 0 Å². The maximum Gasteiger partial charge on any atom is 0.330 e. The molecule has 0 aromatic carbocycles. The molecule has 114 valence electrons. The van der Waals surface area contributed by atoms with E-state index >= 15 is 0 Å². The van der Waals surface area contributed by atoms with Gasteiger partial charge in [-0.25, -0.2) is 24.6 Å². The number of aryl methyl sites for hydroxylation is 1. The molecule has 1 aromatic heterocycles. The lowest BCUT2D eigenvalue weighted by Crippen LogP contribution is -2.32. The SMILES string of the molecule is CCc1nc(COCC(F)(F)C(F)F)nc(NN)c1C. The van der Waals surface area contributed by atoms with Crippen molar-refractivity contribution in [3.05, 3.63) is 17.1 Å². The minimum Gasteiger partial charge on any atom is -0.367 e. The van der Waals surface area contributed by atoms with Crippen LogP contribution in [-0.2, 0) is 17.8 Å². The van der Waals surface area contributed by atoms with Crippen molar-refractivity contribution >= 4 is 5.82 Å². The molecule has 3 N–H and O–H groups in total. The van der Waals surface area contributed by atoms with Gasteiger partial charge in [-0.15, -0.1) is 0 Å². The number of nitrogens with one attached hydrogen (secondary N) is 1. The first kappa shape index (κ1) is 16.6. The fourth-order valence-electron chi connectivity index (χ4n) is 1.50. The van der Waals surface area contributed by atoms with Gasteiger partial charge in [0.15, 0.2) is 5.82 Å². The highest BCUT2D eigenvalue weighted by Crippen LogP contribution is 2.23. The molecule has 0 radical (unpaired) electrons. The Labute approximate surface area is 113 Å². The van der Waals surface area contributed by atoms with E-state index in [1.165, 1.54) is 0 Å². The molecule has 0 amide bonds. The van der Waals surface area contributed by atoms with Crippen molar-refractivity contribution in [2.24, 2.45) is 5.84 Å². The van der Waals surface area contributed by atoms with Crippen molar-refractivity contribution < 1.29 is 22.3 Å². The maximum atomic E-state index is 12.7. The highest BCUT2D eigenvalue weighted by Gasteiger charge is 2.41. The van der Waals surface area contributed by atoms with E-state index in [9.17, 15) is 17.6 Å². The third kappa shape index (κ3) is 4.01. The van der Waals surface area contributed by atoms with E-state index in [1.54, 1.807) is 6.92 Å². The fraction of sp³-hybridized carbons (Fsp3) is 0.636. The first-order chi connectivity index (χ1) is 9.31. The molecule has 0 aliphatic rings. The summed E-state index contributed by atoms with van der Waals surface area (Å²) in [5.74, 6) is 1.54. The second-order valence-electron chi connectivity index (χ2n) is 4.11. The van der Waals surface area contributed by atoms with Gasteiger partial charge in [0, 0.05) is 11.3 Å². The van der Waals surface area contributed by atoms with Gasteiger partial charge in [-0.05, 0) is 13.3 Å². The minimum absolute atomic E-state index is 0.102. The number of hydrogen-bond donors (Lipinski definition) is 2. The van der Waals surface area contributed by atoms with Crippen molar-refractivity contribution in [2.75, 3.05) is 12.0 Å². The van der Waals surface area contributed by atoms with Crippen molar-refractivity contribution in [2.45, 2.75) is 39.2 Å². The van der Waals surface area contributed by atoms with Gasteiger partial charge in [0.25, 0.3) is 0 Å². The molecule has 1 aromatic rings. The number of nitrogens with two attached hydrogens (primary N) is 1. The summed E-state index contributed by atoms with van der Waals surface area (Å²) in [7, 11) is 0. The summed E-state index contributed by atoms with van der Waals surface area (Å²) in [5, 5.41) is 0. The Morgan fingerprint density at radius 3 is 2.50 bits per heavy atom. The number of alkyl halides is 4. The number of hydrogen-bond acceptors (Lipinski definition) is 5. The van der Waals surface area contributed by atoms with E-state index in [0.29, 0.717) is 17.9 Å². The standard InChI is InChI=1S/C11H16F4N4O/c1-3-7-6(2)9(19-16)18-8(17-7)4-20-5-11(14,15)10(12)13/h10H,3-5,16H2,1-2H3,(H,17,18,19). The van der Waals surface area contributed by atoms with Gasteiger partial charge in [-0.2, -0.15) is 8.78 Å². The van der Waals surface area contributed by atoms with Crippen LogP contribution >= 0.6 is 0 Å². The Morgan fingerprint density at radius 2 is 2.00 bits per heavy atom. The van der Waals surface area contributed by atoms with Crippen LogP contribution in [-0.4, -0.2) is 28.9 Å². The zero-order valence-corrected chi connectivity index (χ0v) is 11.1. The monoisotopic (exact) mass is 296 g/mol. The topological polar surface area (TPSA) is 73.1 Å². The van der Waals surface area contributed by atoms with Gasteiger partial charge in [0.1, 0.15) is 19.0 Å². The Morgan fingerprint density at radius 1 is 1.35 bits per heavy atom. The molecule has 0 atom stereocenters. The molecular formula is C11H16F4N4O. The number of nitrogen functional groups attached to an aromatic ring is 1. The molecule has 0 spiro atoms. The lowest BCUT2D eigenvalue weighted by Gasteiger charge is -2.15. The molecule has 0 bridgehead atoms. The van der Waals surface area contributed by atoms with Gasteiger partial charge >= 0.3 is 12.3 Å². The molecule has 1 rings (SSSR count). The Balaban J connectivity index is 2.74. The molecule has 0 aliphatic carbocycles. The summed E-state index contributed by atoms with van der Waals surface area (Å²) in [5.41, 5.74) is 3.77. The lowest BCUT2D eigenvalue weighted by atomic mass is 10.2. The van der Waals surface area contributed by atoms with E-state index in [2.05, 4.69) is 20.1 Å². The molecule has 5 nitrogen and oxygen atoms in total. The first-order valence-electron chi connectivity index (χ1n) is 5.88. The van der Waals surface area contributed by atoms with E-state index < -0.39 is 25.6 Å². The maximum absolute atomic E-state index is 12.7. The molecule has 0 unspecified atom stereocenters. The predicted molar refractivity (Wildman–Crippen MR) is 64.6 cm³/mol. The Bertz CT molecular complexity index is 431. The highest BCUT2D eigenvalue weighted by molar-refractivity contribution is 5.44. The van der Waals surface area contributed by atoms with Crippen molar-refractivity contribution in [3.63, 3.8) is 0 Å². The van der Waals surface area contributed by atoms with Crippen molar-refractivity contribution in [1.82, 2.24) is 9.97 Å². The first-order valence-corrected chi connectivity index (χ1v) is 5.88. The molecular weight excluding hydrogens is 280 g/mol. The van der Waals surface area contributed by atoms with E-state index in [0.717, 1.165) is 5.56 Å². The van der Waals surface area contributed by atoms with Crippen LogP contribution in [0, 0.1) is 6.92 Å². The number of aromatic nitrogens is 2. The molecule has 0 saturated heterocycles. The number of rotatable bonds is 7. The average molecular weight is 296 g/mol.